The average molecular weight is 352 g/mol. The van der Waals surface area contributed by atoms with Crippen molar-refractivity contribution in [3.05, 3.63) is 72.2 Å². The molecule has 0 bridgehead atoms. The molecule has 134 valence electrons. The first-order valence-corrected chi connectivity index (χ1v) is 8.20. The number of nitrogens with zero attached hydrogens (tertiary/aromatic N) is 3. The maximum absolute atomic E-state index is 12.4. The second-order valence-corrected chi connectivity index (χ2v) is 5.58. The number of carbonyl (C=O) groups excluding carboxylic acids is 1. The summed E-state index contributed by atoms with van der Waals surface area (Å²) in [6.45, 7) is 1.51. The molecule has 0 fully saturated rings. The third kappa shape index (κ3) is 4.90. The first kappa shape index (κ1) is 17.6. The maximum atomic E-state index is 12.4. The molecule has 2 heterocycles. The van der Waals surface area contributed by atoms with Crippen LogP contribution >= 0.6 is 0 Å². The van der Waals surface area contributed by atoms with Gasteiger partial charge in [0, 0.05) is 37.3 Å². The molecular weight excluding hydrogens is 332 g/mol. The second kappa shape index (κ2) is 8.77. The van der Waals surface area contributed by atoms with Crippen LogP contribution in [-0.4, -0.2) is 41.0 Å². The first-order valence-electron chi connectivity index (χ1n) is 8.20. The lowest BCUT2D eigenvalue weighted by atomic mass is 10.2. The third-order valence-corrected chi connectivity index (χ3v) is 3.60. The van der Waals surface area contributed by atoms with Gasteiger partial charge < -0.3 is 14.8 Å². The van der Waals surface area contributed by atoms with Crippen molar-refractivity contribution in [1.29, 1.82) is 0 Å². The van der Waals surface area contributed by atoms with Crippen molar-refractivity contribution in [2.45, 2.75) is 6.54 Å². The van der Waals surface area contributed by atoms with Gasteiger partial charge in [-0.2, -0.15) is 5.10 Å². The molecule has 2 aromatic heterocycles. The fourth-order valence-electron chi connectivity index (χ4n) is 2.35. The van der Waals surface area contributed by atoms with Gasteiger partial charge in [-0.15, -0.1) is 0 Å². The highest BCUT2D eigenvalue weighted by Crippen LogP contribution is 2.15. The standard InChI is InChI=1S/C19H20N4O3/c1-25-10-11-26-17-6-2-5-16(12-17)19(24)21-18-7-9-23(22-18)14-15-4-3-8-20-13-15/h2-9,12-13H,10-11,14H2,1H3,(H,21,22,24). The van der Waals surface area contributed by atoms with E-state index in [2.05, 4.69) is 15.4 Å². The fraction of sp³-hybridized carbons (Fsp3) is 0.211. The Kier molecular flexibility index (Phi) is 5.95. The Balaban J connectivity index is 1.60. The molecule has 7 nitrogen and oxygen atoms in total. The van der Waals surface area contributed by atoms with Crippen LogP contribution in [0.25, 0.3) is 0 Å². The molecule has 0 spiro atoms. The number of amides is 1. The van der Waals surface area contributed by atoms with Crippen molar-refractivity contribution >= 4 is 11.7 Å². The summed E-state index contributed by atoms with van der Waals surface area (Å²) < 4.78 is 12.2. The minimum Gasteiger partial charge on any atom is -0.491 e. The zero-order chi connectivity index (χ0) is 18.2. The molecule has 0 aliphatic rings. The zero-order valence-corrected chi connectivity index (χ0v) is 14.5. The number of hydrogen-bond acceptors (Lipinski definition) is 5. The van der Waals surface area contributed by atoms with Crippen LogP contribution < -0.4 is 10.1 Å². The monoisotopic (exact) mass is 352 g/mol. The molecule has 0 radical (unpaired) electrons. The molecule has 0 saturated heterocycles. The van der Waals surface area contributed by atoms with Gasteiger partial charge in [0.1, 0.15) is 12.4 Å². The Bertz CT molecular complexity index is 849. The van der Waals surface area contributed by atoms with Gasteiger partial charge in [-0.05, 0) is 29.8 Å². The molecule has 0 aliphatic heterocycles. The number of methoxy groups -OCH3 is 1. The van der Waals surface area contributed by atoms with Crippen LogP contribution in [0.2, 0.25) is 0 Å². The van der Waals surface area contributed by atoms with Gasteiger partial charge in [0.25, 0.3) is 5.91 Å². The number of anilines is 1. The summed E-state index contributed by atoms with van der Waals surface area (Å²) in [5.74, 6) is 0.871. The highest BCUT2D eigenvalue weighted by atomic mass is 16.5. The summed E-state index contributed by atoms with van der Waals surface area (Å²) in [5, 5.41) is 7.16. The number of ether oxygens (including phenoxy) is 2. The van der Waals surface area contributed by atoms with Gasteiger partial charge in [-0.3, -0.25) is 14.5 Å². The number of pyridine rings is 1. The molecule has 26 heavy (non-hydrogen) atoms. The summed E-state index contributed by atoms with van der Waals surface area (Å²) in [5.41, 5.74) is 1.54. The van der Waals surface area contributed by atoms with E-state index in [4.69, 9.17) is 9.47 Å². The van der Waals surface area contributed by atoms with Crippen LogP contribution in [0.3, 0.4) is 0 Å². The number of benzene rings is 1. The zero-order valence-electron chi connectivity index (χ0n) is 14.5. The molecule has 1 amide bonds. The third-order valence-electron chi connectivity index (χ3n) is 3.60. The van der Waals surface area contributed by atoms with Crippen molar-refractivity contribution in [2.75, 3.05) is 25.6 Å². The summed E-state index contributed by atoms with van der Waals surface area (Å²) in [6, 6.07) is 12.6. The van der Waals surface area contributed by atoms with Crippen LogP contribution in [0.15, 0.2) is 61.1 Å². The summed E-state index contributed by atoms with van der Waals surface area (Å²) in [7, 11) is 1.61. The largest absolute Gasteiger partial charge is 0.491 e. The van der Waals surface area contributed by atoms with Crippen LogP contribution in [0, 0.1) is 0 Å². The lowest BCUT2D eigenvalue weighted by molar-refractivity contribution is 0.102. The van der Waals surface area contributed by atoms with Crippen molar-refractivity contribution < 1.29 is 14.3 Å². The van der Waals surface area contributed by atoms with Crippen molar-refractivity contribution in [1.82, 2.24) is 14.8 Å². The lowest BCUT2D eigenvalue weighted by Gasteiger charge is -2.07. The number of carbonyl (C=O) groups is 1. The quantitative estimate of drug-likeness (QED) is 0.631. The van der Waals surface area contributed by atoms with E-state index in [-0.39, 0.29) is 5.91 Å². The van der Waals surface area contributed by atoms with E-state index in [1.165, 1.54) is 0 Å². The molecule has 0 atom stereocenters. The van der Waals surface area contributed by atoms with E-state index in [0.29, 0.717) is 36.9 Å². The Morgan fingerprint density at radius 2 is 2.12 bits per heavy atom. The Labute approximate surface area is 151 Å². The number of hydrogen-bond donors (Lipinski definition) is 1. The summed E-state index contributed by atoms with van der Waals surface area (Å²) >= 11 is 0. The molecule has 3 rings (SSSR count). The first-order chi connectivity index (χ1) is 12.7. The van der Waals surface area contributed by atoms with Crippen molar-refractivity contribution in [3.63, 3.8) is 0 Å². The Morgan fingerprint density at radius 1 is 1.19 bits per heavy atom. The number of aromatic nitrogens is 3. The number of nitrogens with one attached hydrogen (secondary N) is 1. The van der Waals surface area contributed by atoms with E-state index >= 15 is 0 Å². The van der Waals surface area contributed by atoms with Crippen LogP contribution in [0.5, 0.6) is 5.75 Å². The van der Waals surface area contributed by atoms with Crippen LogP contribution in [-0.2, 0) is 11.3 Å². The Morgan fingerprint density at radius 3 is 2.92 bits per heavy atom. The highest BCUT2D eigenvalue weighted by molar-refractivity contribution is 6.03. The van der Waals surface area contributed by atoms with E-state index in [9.17, 15) is 4.79 Å². The molecule has 1 aromatic carbocycles. The van der Waals surface area contributed by atoms with Gasteiger partial charge in [0.15, 0.2) is 5.82 Å². The van der Waals surface area contributed by atoms with Crippen LogP contribution in [0.4, 0.5) is 5.82 Å². The van der Waals surface area contributed by atoms with Crippen molar-refractivity contribution in [3.8, 4) is 5.75 Å². The predicted molar refractivity (Wildman–Crippen MR) is 97.3 cm³/mol. The molecule has 0 aliphatic carbocycles. The average Bonchev–Trinajstić information content (AvgIpc) is 3.10. The topological polar surface area (TPSA) is 78.3 Å². The van der Waals surface area contributed by atoms with Gasteiger partial charge in [-0.1, -0.05) is 12.1 Å². The van der Waals surface area contributed by atoms with Gasteiger partial charge in [-0.25, -0.2) is 0 Å². The SMILES string of the molecule is COCCOc1cccc(C(=O)Nc2ccn(Cc3cccnc3)n2)c1. The predicted octanol–water partition coefficient (Wildman–Crippen LogP) is 2.60. The van der Waals surface area contributed by atoms with Gasteiger partial charge in [0.2, 0.25) is 0 Å². The molecule has 0 unspecified atom stereocenters. The van der Waals surface area contributed by atoms with Gasteiger partial charge >= 0.3 is 0 Å². The van der Waals surface area contributed by atoms with E-state index in [1.54, 1.807) is 54.5 Å². The Hall–Kier alpha value is -3.19. The fourth-order valence-corrected chi connectivity index (χ4v) is 2.35. The van der Waals surface area contributed by atoms with Gasteiger partial charge in [0.05, 0.1) is 13.2 Å². The van der Waals surface area contributed by atoms with Crippen molar-refractivity contribution in [2.24, 2.45) is 0 Å². The highest BCUT2D eigenvalue weighted by Gasteiger charge is 2.09. The molecule has 0 saturated carbocycles. The minimum absolute atomic E-state index is 0.242. The van der Waals surface area contributed by atoms with E-state index in [0.717, 1.165) is 5.56 Å². The lowest BCUT2D eigenvalue weighted by Crippen LogP contribution is -2.13. The second-order valence-electron chi connectivity index (χ2n) is 5.58. The number of rotatable bonds is 8. The van der Waals surface area contributed by atoms with E-state index in [1.807, 2.05) is 18.3 Å². The van der Waals surface area contributed by atoms with E-state index < -0.39 is 0 Å². The summed E-state index contributed by atoms with van der Waals surface area (Å²) in [4.78, 5) is 16.5. The summed E-state index contributed by atoms with van der Waals surface area (Å²) in [6.07, 6.45) is 5.33. The molecule has 3 aromatic rings. The maximum Gasteiger partial charge on any atom is 0.256 e. The van der Waals surface area contributed by atoms with Crippen LogP contribution in [0.1, 0.15) is 15.9 Å². The molecule has 7 heteroatoms. The smallest absolute Gasteiger partial charge is 0.256 e. The minimum atomic E-state index is -0.242. The molecule has 1 N–H and O–H groups in total. The normalized spacial score (nSPS) is 10.5. The molecular formula is C19H20N4O3.